The summed E-state index contributed by atoms with van der Waals surface area (Å²) >= 11 is 0. The van der Waals surface area contributed by atoms with Gasteiger partial charge >= 0.3 is 0 Å². The van der Waals surface area contributed by atoms with Crippen LogP contribution in [0.3, 0.4) is 0 Å². The van der Waals surface area contributed by atoms with E-state index in [1.165, 1.54) is 44.1 Å². The molecule has 5 heteroatoms. The number of aromatic nitrogens is 5. The lowest BCUT2D eigenvalue weighted by Gasteiger charge is -2.11. The molecule has 11 aromatic rings. The topological polar surface area (TPSA) is 48.5 Å². The minimum absolute atomic E-state index is 0.586. The van der Waals surface area contributed by atoms with Gasteiger partial charge in [0.2, 0.25) is 5.95 Å². The largest absolute Gasteiger partial charge is 0.309 e. The van der Waals surface area contributed by atoms with Crippen LogP contribution in [0.1, 0.15) is 0 Å². The summed E-state index contributed by atoms with van der Waals surface area (Å²) in [6.45, 7) is 0. The van der Waals surface area contributed by atoms with Crippen molar-refractivity contribution in [3.8, 4) is 56.4 Å². The summed E-state index contributed by atoms with van der Waals surface area (Å²) in [6.07, 6.45) is 1.62. The van der Waals surface area contributed by atoms with Crippen molar-refractivity contribution in [2.45, 2.75) is 0 Å². The van der Waals surface area contributed by atoms with Crippen molar-refractivity contribution >= 4 is 43.6 Å². The molecule has 0 saturated carbocycles. The Morgan fingerprint density at radius 1 is 0.321 bits per heavy atom. The molecule has 56 heavy (non-hydrogen) atoms. The first-order valence-corrected chi connectivity index (χ1v) is 18.9. The molecule has 3 aromatic heterocycles. The Bertz CT molecular complexity index is 3230. The van der Waals surface area contributed by atoms with Crippen molar-refractivity contribution in [1.82, 2.24) is 24.1 Å². The van der Waals surface area contributed by atoms with Gasteiger partial charge in [-0.05, 0) is 81.9 Å². The zero-order chi connectivity index (χ0) is 37.0. The lowest BCUT2D eigenvalue weighted by atomic mass is 9.94. The van der Waals surface area contributed by atoms with Crippen molar-refractivity contribution in [2.75, 3.05) is 0 Å². The molecule has 262 valence electrons. The van der Waals surface area contributed by atoms with Gasteiger partial charge < -0.3 is 4.57 Å². The van der Waals surface area contributed by atoms with Gasteiger partial charge in [-0.15, -0.1) is 0 Å². The van der Waals surface area contributed by atoms with Gasteiger partial charge in [-0.1, -0.05) is 146 Å². The first-order chi connectivity index (χ1) is 27.8. The maximum absolute atomic E-state index is 5.06. The van der Waals surface area contributed by atoms with Gasteiger partial charge in [-0.25, -0.2) is 9.97 Å². The first-order valence-electron chi connectivity index (χ1n) is 18.9. The third-order valence-electron chi connectivity index (χ3n) is 10.9. The summed E-state index contributed by atoms with van der Waals surface area (Å²) < 4.78 is 4.51. The van der Waals surface area contributed by atoms with Crippen LogP contribution in [0.5, 0.6) is 0 Å². The molecule has 8 aromatic carbocycles. The highest BCUT2D eigenvalue weighted by Gasteiger charge is 2.18. The van der Waals surface area contributed by atoms with E-state index in [4.69, 9.17) is 9.97 Å². The predicted molar refractivity (Wildman–Crippen MR) is 230 cm³/mol. The van der Waals surface area contributed by atoms with Gasteiger partial charge in [-0.2, -0.15) is 4.98 Å². The lowest BCUT2D eigenvalue weighted by Crippen LogP contribution is -2.03. The van der Waals surface area contributed by atoms with Crippen LogP contribution in [0.2, 0.25) is 0 Å². The Balaban J connectivity index is 0.985. The number of fused-ring (bicyclic) bond motifs is 6. The molecule has 0 amide bonds. The molecule has 0 unspecified atom stereocenters. The molecule has 5 nitrogen and oxygen atoms in total. The van der Waals surface area contributed by atoms with E-state index in [1.807, 2.05) is 0 Å². The van der Waals surface area contributed by atoms with Crippen molar-refractivity contribution in [3.63, 3.8) is 0 Å². The highest BCUT2D eigenvalue weighted by molar-refractivity contribution is 6.12. The number of rotatable bonds is 6. The Kier molecular flexibility index (Phi) is 7.42. The smallest absolute Gasteiger partial charge is 0.238 e. The van der Waals surface area contributed by atoms with Crippen LogP contribution in [0.4, 0.5) is 0 Å². The molecule has 0 aliphatic carbocycles. The second kappa shape index (κ2) is 13.0. The van der Waals surface area contributed by atoms with Crippen molar-refractivity contribution in [2.24, 2.45) is 0 Å². The van der Waals surface area contributed by atoms with Gasteiger partial charge in [0.15, 0.2) is 5.82 Å². The molecule has 0 saturated heterocycles. The predicted octanol–water partition coefficient (Wildman–Crippen LogP) is 12.7. The van der Waals surface area contributed by atoms with E-state index in [2.05, 4.69) is 208 Å². The number of hydrogen-bond acceptors (Lipinski definition) is 3. The summed E-state index contributed by atoms with van der Waals surface area (Å²) in [6, 6.07) is 68.9. The molecule has 0 radical (unpaired) electrons. The van der Waals surface area contributed by atoms with Crippen LogP contribution < -0.4 is 0 Å². The normalized spacial score (nSPS) is 11.6. The molecular formula is C51H33N5. The van der Waals surface area contributed by atoms with Gasteiger partial charge in [0.05, 0.1) is 22.1 Å². The fourth-order valence-corrected chi connectivity index (χ4v) is 8.31. The molecule has 0 N–H and O–H groups in total. The molecule has 0 atom stereocenters. The molecule has 0 bridgehead atoms. The van der Waals surface area contributed by atoms with E-state index in [-0.39, 0.29) is 0 Å². The fourth-order valence-electron chi connectivity index (χ4n) is 8.31. The van der Waals surface area contributed by atoms with Crippen LogP contribution >= 0.6 is 0 Å². The van der Waals surface area contributed by atoms with E-state index in [1.54, 1.807) is 6.33 Å². The molecule has 3 heterocycles. The van der Waals surface area contributed by atoms with Gasteiger partial charge in [0.1, 0.15) is 6.33 Å². The van der Waals surface area contributed by atoms with E-state index in [0.717, 1.165) is 44.2 Å². The zero-order valence-corrected chi connectivity index (χ0v) is 30.3. The van der Waals surface area contributed by atoms with Crippen LogP contribution in [0.15, 0.2) is 200 Å². The number of nitrogens with zero attached hydrogens (tertiary/aromatic N) is 5. The Morgan fingerprint density at radius 2 is 0.786 bits per heavy atom. The summed E-state index contributed by atoms with van der Waals surface area (Å²) in [5.41, 5.74) is 13.6. The third kappa shape index (κ3) is 5.21. The van der Waals surface area contributed by atoms with Crippen molar-refractivity contribution < 1.29 is 0 Å². The van der Waals surface area contributed by atoms with E-state index >= 15 is 0 Å². The molecule has 0 aliphatic rings. The number of hydrogen-bond donors (Lipinski definition) is 0. The van der Waals surface area contributed by atoms with Crippen molar-refractivity contribution in [1.29, 1.82) is 0 Å². The van der Waals surface area contributed by atoms with Gasteiger partial charge in [0.25, 0.3) is 0 Å². The fraction of sp³-hybridized carbons (Fsp3) is 0. The molecule has 0 spiro atoms. The van der Waals surface area contributed by atoms with E-state index in [0.29, 0.717) is 11.8 Å². The summed E-state index contributed by atoms with van der Waals surface area (Å²) in [4.78, 5) is 14.4. The SMILES string of the molecule is c1ccc(-c2ccccc2-c2ccc(-c3ncnc(-n4c5ccccc5c5cc(-c6ccc7c(c6)c6ccccc6n7-c6ccccc6)ccc54)n3)cc2)cc1. The first kappa shape index (κ1) is 31.9. The zero-order valence-electron chi connectivity index (χ0n) is 30.3. The summed E-state index contributed by atoms with van der Waals surface area (Å²) in [5.74, 6) is 1.21. The second-order valence-corrected chi connectivity index (χ2v) is 14.1. The molecule has 0 fully saturated rings. The lowest BCUT2D eigenvalue weighted by molar-refractivity contribution is 0.947. The van der Waals surface area contributed by atoms with E-state index in [9.17, 15) is 0 Å². The maximum atomic E-state index is 5.06. The van der Waals surface area contributed by atoms with Crippen LogP contribution in [-0.4, -0.2) is 24.1 Å². The highest BCUT2D eigenvalue weighted by atomic mass is 15.2. The summed E-state index contributed by atoms with van der Waals surface area (Å²) in [7, 11) is 0. The average molecular weight is 716 g/mol. The second-order valence-electron chi connectivity index (χ2n) is 14.1. The molecule has 0 aliphatic heterocycles. The molecular weight excluding hydrogens is 683 g/mol. The Morgan fingerprint density at radius 3 is 1.43 bits per heavy atom. The maximum Gasteiger partial charge on any atom is 0.238 e. The monoisotopic (exact) mass is 715 g/mol. The number of benzene rings is 8. The minimum atomic E-state index is 0.586. The minimum Gasteiger partial charge on any atom is -0.309 e. The third-order valence-corrected chi connectivity index (χ3v) is 10.9. The van der Waals surface area contributed by atoms with Crippen LogP contribution in [0.25, 0.3) is 100 Å². The van der Waals surface area contributed by atoms with E-state index < -0.39 is 0 Å². The summed E-state index contributed by atoms with van der Waals surface area (Å²) in [5, 5.41) is 4.77. The Hall–Kier alpha value is -7.63. The average Bonchev–Trinajstić information content (AvgIpc) is 3.79. The van der Waals surface area contributed by atoms with Crippen LogP contribution in [0, 0.1) is 0 Å². The van der Waals surface area contributed by atoms with Gasteiger partial charge in [-0.3, -0.25) is 4.57 Å². The van der Waals surface area contributed by atoms with Crippen molar-refractivity contribution in [3.05, 3.63) is 200 Å². The quantitative estimate of drug-likeness (QED) is 0.172. The standard InChI is InChI=1S/C51H33N5/c1-3-13-34(14-4-1)40-17-7-8-18-41(40)35-23-25-36(26-24-35)50-52-33-53-51(54-50)56-47-22-12-10-20-43(47)45-32-38(28-30-49(45)56)37-27-29-48-44(31-37)42-19-9-11-21-46(42)55(48)39-15-5-2-6-16-39/h1-33H. The van der Waals surface area contributed by atoms with Crippen LogP contribution in [-0.2, 0) is 0 Å². The molecule has 11 rings (SSSR count). The van der Waals surface area contributed by atoms with Gasteiger partial charge in [0, 0.05) is 32.8 Å². The highest BCUT2D eigenvalue weighted by Crippen LogP contribution is 2.38. The Labute approximate surface area is 323 Å². The number of para-hydroxylation sites is 3.